The van der Waals surface area contributed by atoms with Gasteiger partial charge in [0.15, 0.2) is 0 Å². The summed E-state index contributed by atoms with van der Waals surface area (Å²) in [6.45, 7) is 36.9. The summed E-state index contributed by atoms with van der Waals surface area (Å²) in [7, 11) is 11.0. The van der Waals surface area contributed by atoms with Gasteiger partial charge in [0, 0.05) is 34.9 Å². The van der Waals surface area contributed by atoms with Crippen LogP contribution < -0.4 is 0 Å². The van der Waals surface area contributed by atoms with E-state index in [9.17, 15) is 28.8 Å². The van der Waals surface area contributed by atoms with E-state index >= 15 is 0 Å². The van der Waals surface area contributed by atoms with Gasteiger partial charge in [0.05, 0.1) is 13.2 Å². The van der Waals surface area contributed by atoms with Crippen LogP contribution in [0.1, 0.15) is 150 Å². The van der Waals surface area contributed by atoms with E-state index in [1.54, 1.807) is 30.6 Å². The Kier molecular flexibility index (Phi) is 150. The van der Waals surface area contributed by atoms with Gasteiger partial charge in [-0.15, -0.1) is 0 Å². The van der Waals surface area contributed by atoms with Crippen molar-refractivity contribution >= 4 is 35.8 Å². The van der Waals surface area contributed by atoms with E-state index in [1.165, 1.54) is 0 Å². The lowest BCUT2D eigenvalue weighted by atomic mass is 10.4. The highest BCUT2D eigenvalue weighted by Crippen LogP contribution is 1.94. The number of esters is 6. The van der Waals surface area contributed by atoms with Crippen LogP contribution in [0.15, 0.2) is 74.4 Å². The molecule has 0 bridgehead atoms. The first-order valence-corrected chi connectivity index (χ1v) is 18.0. The molecular weight excluding hydrogens is 885 g/mol. The smallest absolute Gasteiger partial charge is 0.334 e. The average molecular weight is 1010 g/mol. The Hall–Kier alpha value is -4.90. The minimum Gasteiger partial charge on any atom is -0.463 e. The van der Waals surface area contributed by atoms with Crippen molar-refractivity contribution in [1.82, 2.24) is 19.6 Å². The van der Waals surface area contributed by atoms with Crippen LogP contribution >= 0.6 is 0 Å². The van der Waals surface area contributed by atoms with Gasteiger partial charge in [0.25, 0.3) is 0 Å². The lowest BCUT2D eigenvalue weighted by molar-refractivity contribution is -0.143. The molecule has 0 amide bonds. The number of nitrogens with zero attached hydrogens (tertiary/aromatic N) is 4. The molecular formula is C53H122N4O12. The highest BCUT2D eigenvalue weighted by molar-refractivity contribution is 5.87. The summed E-state index contributed by atoms with van der Waals surface area (Å²) in [5.41, 5.74) is 1.33. The zero-order chi connectivity index (χ0) is 45.9. The van der Waals surface area contributed by atoms with Crippen LogP contribution in [0, 0.1) is 0 Å². The highest BCUT2D eigenvalue weighted by Gasteiger charge is 2.04. The van der Waals surface area contributed by atoms with Crippen molar-refractivity contribution in [3.05, 3.63) is 74.4 Å². The van der Waals surface area contributed by atoms with Crippen LogP contribution in [-0.2, 0) is 57.2 Å². The lowest BCUT2D eigenvalue weighted by Gasteiger charge is -2.13. The molecule has 0 atom stereocenters. The molecule has 0 aromatic heterocycles. The Morgan fingerprint density at radius 3 is 0.841 bits per heavy atom. The van der Waals surface area contributed by atoms with Gasteiger partial charge in [-0.25, -0.2) is 28.8 Å². The van der Waals surface area contributed by atoms with Crippen LogP contribution in [0.3, 0.4) is 0 Å². The van der Waals surface area contributed by atoms with Crippen molar-refractivity contribution in [3.63, 3.8) is 0 Å². The van der Waals surface area contributed by atoms with Crippen molar-refractivity contribution in [2.75, 3.05) is 95.5 Å². The van der Waals surface area contributed by atoms with E-state index in [2.05, 4.69) is 48.9 Å². The number of carbonyl (C=O) groups is 6. The topological polar surface area (TPSA) is 171 Å². The summed E-state index contributed by atoms with van der Waals surface area (Å²) in [4.78, 5) is 70.4. The summed E-state index contributed by atoms with van der Waals surface area (Å²) in [5.74, 6) is -2.06. The molecule has 0 aliphatic carbocycles. The second-order valence-corrected chi connectivity index (χ2v) is 12.1. The van der Waals surface area contributed by atoms with E-state index in [4.69, 9.17) is 18.9 Å². The van der Waals surface area contributed by atoms with Gasteiger partial charge in [0.2, 0.25) is 0 Å². The van der Waals surface area contributed by atoms with Crippen molar-refractivity contribution in [2.24, 2.45) is 0 Å². The molecule has 0 heterocycles. The molecule has 0 spiro atoms. The van der Waals surface area contributed by atoms with Crippen molar-refractivity contribution in [1.29, 1.82) is 0 Å². The summed E-state index contributed by atoms with van der Waals surface area (Å²) >= 11 is 0. The molecule has 0 N–H and O–H groups in total. The third kappa shape index (κ3) is 116. The van der Waals surface area contributed by atoms with E-state index < -0.39 is 0 Å². The van der Waals surface area contributed by atoms with Gasteiger partial charge < -0.3 is 28.4 Å². The fourth-order valence-corrected chi connectivity index (χ4v) is 1.85. The van der Waals surface area contributed by atoms with Gasteiger partial charge in [-0.1, -0.05) is 156 Å². The Morgan fingerprint density at radius 2 is 0.594 bits per heavy atom. The van der Waals surface area contributed by atoms with Crippen LogP contribution in [0.2, 0.25) is 0 Å². The number of hydrogen-bond donors (Lipinski definition) is 0. The van der Waals surface area contributed by atoms with E-state index in [1.807, 2.05) is 79.8 Å². The van der Waals surface area contributed by atoms with Crippen LogP contribution in [-0.4, -0.2) is 151 Å². The zero-order valence-electron chi connectivity index (χ0n) is 37.2. The van der Waals surface area contributed by atoms with Crippen LogP contribution in [0.4, 0.5) is 0 Å². The first-order valence-electron chi connectivity index (χ1n) is 18.0. The molecule has 0 saturated heterocycles. The summed E-state index contributed by atoms with van der Waals surface area (Å²) in [5, 5.41) is 0. The second-order valence-electron chi connectivity index (χ2n) is 12.1. The normalized spacial score (nSPS) is 7.61. The van der Waals surface area contributed by atoms with Crippen LogP contribution in [0.5, 0.6) is 0 Å². The maximum atomic E-state index is 10.8. The Morgan fingerprint density at radius 1 is 0.377 bits per heavy atom. The van der Waals surface area contributed by atoms with Crippen molar-refractivity contribution in [3.8, 4) is 0 Å². The maximum Gasteiger partial charge on any atom is 0.334 e. The standard InChI is InChI=1S/C8H15NO2.2C7H13NO2.C7H12O2.C6H11NO2.C6H10O2.12CH4/c1-5-9(4)6-11-8(10)7(2)3;1-6(2)7(9)10-5-8(3)4;1-4-7(9)10-6-8(3)5-2;1-4-5-9-7(8)6(2)3;1-4-6(8)9-5-7(2)3;1-3-5-8-6(7)4-2;;;;;;;;;;;;/h2,5-6H2,1,3-4H3;1,5H2,2-4H3;4H,1,5-6H2,2-3H3;2,4-5H2,1,3H3;4H,1,5H2,2-3H3;4H,2-3,5H2,1H3;12*1H4. The molecule has 16 nitrogen and oxygen atoms in total. The molecule has 0 aromatic carbocycles. The molecule has 0 aromatic rings. The molecule has 0 saturated carbocycles. The number of rotatable bonds is 20. The summed E-state index contributed by atoms with van der Waals surface area (Å²) in [6, 6.07) is 0. The first-order chi connectivity index (χ1) is 26.5. The van der Waals surface area contributed by atoms with E-state index in [0.717, 1.165) is 44.2 Å². The molecule has 426 valence electrons. The molecule has 0 unspecified atom stereocenters. The molecule has 0 aliphatic heterocycles. The molecule has 0 aliphatic rings. The zero-order valence-corrected chi connectivity index (χ0v) is 37.2. The van der Waals surface area contributed by atoms with Crippen LogP contribution in [0.25, 0.3) is 0 Å². The summed E-state index contributed by atoms with van der Waals surface area (Å²) < 4.78 is 28.2. The monoisotopic (exact) mass is 1010 g/mol. The van der Waals surface area contributed by atoms with E-state index in [-0.39, 0.29) is 125 Å². The third-order valence-corrected chi connectivity index (χ3v) is 5.27. The van der Waals surface area contributed by atoms with Gasteiger partial charge >= 0.3 is 35.8 Å². The fourth-order valence-electron chi connectivity index (χ4n) is 1.85. The lowest BCUT2D eigenvalue weighted by Crippen LogP contribution is -2.23. The number of hydrogen-bond acceptors (Lipinski definition) is 16. The van der Waals surface area contributed by atoms with Gasteiger partial charge in [0.1, 0.15) is 26.9 Å². The molecule has 69 heavy (non-hydrogen) atoms. The minimum absolute atomic E-state index is 0. The largest absolute Gasteiger partial charge is 0.463 e. The second kappa shape index (κ2) is 86.3. The quantitative estimate of drug-likeness (QED) is 0.0488. The van der Waals surface area contributed by atoms with Crippen molar-refractivity contribution in [2.45, 2.75) is 150 Å². The third-order valence-electron chi connectivity index (χ3n) is 5.27. The Balaban J connectivity index is -0.0000000274. The molecule has 0 fully saturated rings. The predicted octanol–water partition coefficient (Wildman–Crippen LogP) is 12.8. The maximum absolute atomic E-state index is 10.8. The molecule has 0 rings (SSSR count). The molecule has 0 radical (unpaired) electrons. The number of ether oxygens (including phenoxy) is 6. The fraction of sp³-hybridized carbons (Fsp3) is 0.660. The van der Waals surface area contributed by atoms with E-state index in [0.29, 0.717) is 56.9 Å². The first kappa shape index (κ1) is 120. The Labute approximate surface area is 431 Å². The van der Waals surface area contributed by atoms with Crippen molar-refractivity contribution < 1.29 is 57.2 Å². The predicted molar refractivity (Wildman–Crippen MR) is 306 cm³/mol. The molecule has 16 heteroatoms. The number of carbonyl (C=O) groups excluding carboxylic acids is 6. The summed E-state index contributed by atoms with van der Waals surface area (Å²) in [6.07, 6.45) is 5.18. The van der Waals surface area contributed by atoms with Gasteiger partial charge in [-0.05, 0) is 89.0 Å². The highest BCUT2D eigenvalue weighted by atomic mass is 16.6. The Bertz CT molecular complexity index is 1210. The average Bonchev–Trinajstić information content (AvgIpc) is 3.18. The minimum atomic E-state index is -0.385. The van der Waals surface area contributed by atoms with Gasteiger partial charge in [-0.2, -0.15) is 0 Å². The van der Waals surface area contributed by atoms with Gasteiger partial charge in [-0.3, -0.25) is 19.6 Å². The SMILES string of the molecule is C.C.C.C.C.C.C.C.C.C.C.C.C=C(C)C(=O)OCCC.C=C(C)C(=O)OCN(C)C.C=C(C)C(=O)OCN(C)CC.C=CC(=O)OCCC.C=CC(=O)OCN(C)C.C=CC(=O)OCN(C)CC.